The maximum absolute atomic E-state index is 3.71. The second-order valence-corrected chi connectivity index (χ2v) is 6.89. The quantitative estimate of drug-likeness (QED) is 0.787. The molecule has 0 radical (unpaired) electrons. The Labute approximate surface area is 105 Å². The van der Waals surface area contributed by atoms with Crippen LogP contribution in [-0.4, -0.2) is 36.6 Å². The van der Waals surface area contributed by atoms with Gasteiger partial charge < -0.3 is 5.32 Å². The van der Waals surface area contributed by atoms with Crippen molar-refractivity contribution in [1.29, 1.82) is 0 Å². The number of hydrogen-bond acceptors (Lipinski definition) is 2. The monoisotopic (exact) mass is 234 g/mol. The second kappa shape index (κ2) is 3.96. The zero-order chi connectivity index (χ0) is 11.4. The molecule has 0 aromatic rings. The van der Waals surface area contributed by atoms with Gasteiger partial charge in [-0.15, -0.1) is 0 Å². The van der Waals surface area contributed by atoms with Crippen LogP contribution < -0.4 is 5.32 Å². The predicted octanol–water partition coefficient (Wildman–Crippen LogP) is 2.10. The molecule has 0 aromatic carbocycles. The van der Waals surface area contributed by atoms with E-state index >= 15 is 0 Å². The van der Waals surface area contributed by atoms with Gasteiger partial charge in [-0.3, -0.25) is 4.90 Å². The van der Waals surface area contributed by atoms with E-state index in [4.69, 9.17) is 0 Å². The molecule has 3 saturated carbocycles. The summed E-state index contributed by atoms with van der Waals surface area (Å²) in [7, 11) is 0. The molecule has 4 rings (SSSR count). The molecule has 5 unspecified atom stereocenters. The van der Waals surface area contributed by atoms with E-state index in [0.717, 1.165) is 35.8 Å². The minimum absolute atomic E-state index is 0.761. The Kier molecular flexibility index (Phi) is 2.52. The molecular weight excluding hydrogens is 208 g/mol. The van der Waals surface area contributed by atoms with Gasteiger partial charge in [0.1, 0.15) is 0 Å². The van der Waals surface area contributed by atoms with Crippen LogP contribution in [0.15, 0.2) is 0 Å². The van der Waals surface area contributed by atoms with Gasteiger partial charge in [0.25, 0.3) is 0 Å². The van der Waals surface area contributed by atoms with Crippen LogP contribution in [0.4, 0.5) is 0 Å². The van der Waals surface area contributed by atoms with Crippen LogP contribution in [0.3, 0.4) is 0 Å². The zero-order valence-electron chi connectivity index (χ0n) is 11.1. The fourth-order valence-electron chi connectivity index (χ4n) is 5.34. The van der Waals surface area contributed by atoms with Crippen LogP contribution in [0.1, 0.15) is 39.0 Å². The number of nitrogens with one attached hydrogen (secondary N) is 1. The van der Waals surface area contributed by atoms with Crippen LogP contribution in [0, 0.1) is 23.7 Å². The molecule has 0 amide bonds. The van der Waals surface area contributed by atoms with Gasteiger partial charge in [0, 0.05) is 18.6 Å². The second-order valence-electron chi connectivity index (χ2n) is 6.89. The van der Waals surface area contributed by atoms with Crippen LogP contribution in [-0.2, 0) is 0 Å². The van der Waals surface area contributed by atoms with E-state index in [-0.39, 0.29) is 0 Å². The molecule has 2 bridgehead atoms. The van der Waals surface area contributed by atoms with Gasteiger partial charge in [-0.05, 0) is 68.9 Å². The highest BCUT2D eigenvalue weighted by molar-refractivity contribution is 5.17. The Morgan fingerprint density at radius 3 is 2.65 bits per heavy atom. The Hall–Kier alpha value is -0.0800. The summed E-state index contributed by atoms with van der Waals surface area (Å²) in [6.07, 6.45) is 7.37. The Balaban J connectivity index is 1.45. The molecule has 17 heavy (non-hydrogen) atoms. The molecule has 1 saturated heterocycles. The SMILES string of the molecule is CCC1CN(C2C3C4CCC(C4)C32)CCCN1. The highest BCUT2D eigenvalue weighted by Crippen LogP contribution is 2.67. The van der Waals surface area contributed by atoms with E-state index in [1.165, 1.54) is 32.5 Å². The first-order valence-corrected chi connectivity index (χ1v) is 7.86. The van der Waals surface area contributed by atoms with Gasteiger partial charge >= 0.3 is 0 Å². The maximum atomic E-state index is 3.71. The van der Waals surface area contributed by atoms with E-state index in [2.05, 4.69) is 17.1 Å². The highest BCUT2D eigenvalue weighted by atomic mass is 15.2. The third-order valence-corrected chi connectivity index (χ3v) is 6.12. The molecule has 4 fully saturated rings. The summed E-state index contributed by atoms with van der Waals surface area (Å²) in [5.41, 5.74) is 0. The lowest BCUT2D eigenvalue weighted by Gasteiger charge is -2.26. The molecule has 0 aromatic heterocycles. The fourth-order valence-corrected chi connectivity index (χ4v) is 5.34. The lowest BCUT2D eigenvalue weighted by molar-refractivity contribution is 0.214. The molecular formula is C15H26N2. The van der Waals surface area contributed by atoms with Crippen LogP contribution in [0.2, 0.25) is 0 Å². The first-order chi connectivity index (χ1) is 8.38. The standard InChI is InChI=1S/C15H26N2/c1-2-12-9-17(7-3-6-16-12)15-13-10-4-5-11(8-10)14(13)15/h10-16H,2-9H2,1H3. The van der Waals surface area contributed by atoms with Crippen molar-refractivity contribution in [2.24, 2.45) is 23.7 Å². The highest BCUT2D eigenvalue weighted by Gasteiger charge is 2.66. The fraction of sp³-hybridized carbons (Fsp3) is 1.00. The van der Waals surface area contributed by atoms with Crippen LogP contribution >= 0.6 is 0 Å². The van der Waals surface area contributed by atoms with Crippen LogP contribution in [0.25, 0.3) is 0 Å². The number of nitrogens with zero attached hydrogens (tertiary/aromatic N) is 1. The summed E-state index contributed by atoms with van der Waals surface area (Å²) >= 11 is 0. The van der Waals surface area contributed by atoms with Gasteiger partial charge in [0.2, 0.25) is 0 Å². The van der Waals surface area contributed by atoms with Crippen LogP contribution in [0.5, 0.6) is 0 Å². The van der Waals surface area contributed by atoms with Crippen molar-refractivity contribution >= 4 is 0 Å². The van der Waals surface area contributed by atoms with Crippen molar-refractivity contribution < 1.29 is 0 Å². The third kappa shape index (κ3) is 1.60. The average molecular weight is 234 g/mol. The summed E-state index contributed by atoms with van der Waals surface area (Å²) in [6, 6.07) is 1.77. The Morgan fingerprint density at radius 1 is 1.18 bits per heavy atom. The van der Waals surface area contributed by atoms with E-state index in [0.29, 0.717) is 0 Å². The van der Waals surface area contributed by atoms with Gasteiger partial charge in [0.15, 0.2) is 0 Å². The summed E-state index contributed by atoms with van der Waals surface area (Å²) in [5, 5.41) is 3.71. The predicted molar refractivity (Wildman–Crippen MR) is 69.9 cm³/mol. The smallest absolute Gasteiger partial charge is 0.0192 e. The van der Waals surface area contributed by atoms with Gasteiger partial charge in [-0.1, -0.05) is 6.92 Å². The first kappa shape index (κ1) is 10.8. The minimum Gasteiger partial charge on any atom is -0.313 e. The summed E-state index contributed by atoms with van der Waals surface area (Å²) in [6.45, 7) is 6.26. The summed E-state index contributed by atoms with van der Waals surface area (Å²) < 4.78 is 0. The molecule has 2 heteroatoms. The molecule has 4 aliphatic rings. The van der Waals surface area contributed by atoms with Crippen molar-refractivity contribution in [3.05, 3.63) is 0 Å². The largest absolute Gasteiger partial charge is 0.313 e. The number of hydrogen-bond donors (Lipinski definition) is 1. The molecule has 2 nitrogen and oxygen atoms in total. The number of rotatable bonds is 2. The Bertz CT molecular complexity index is 287. The lowest BCUT2D eigenvalue weighted by Crippen LogP contribution is -2.39. The maximum Gasteiger partial charge on any atom is 0.0192 e. The van der Waals surface area contributed by atoms with Crippen molar-refractivity contribution in [1.82, 2.24) is 10.2 Å². The summed E-state index contributed by atoms with van der Waals surface area (Å²) in [5.74, 6) is 4.52. The van der Waals surface area contributed by atoms with E-state index in [1.807, 2.05) is 0 Å². The van der Waals surface area contributed by atoms with Gasteiger partial charge in [-0.25, -0.2) is 0 Å². The number of fused-ring (bicyclic) bond motifs is 5. The third-order valence-electron chi connectivity index (χ3n) is 6.12. The molecule has 1 heterocycles. The van der Waals surface area contributed by atoms with Crippen molar-refractivity contribution in [2.45, 2.75) is 51.1 Å². The van der Waals surface area contributed by atoms with E-state index in [1.54, 1.807) is 19.3 Å². The molecule has 0 spiro atoms. The molecule has 3 aliphatic carbocycles. The molecule has 1 N–H and O–H groups in total. The summed E-state index contributed by atoms with van der Waals surface area (Å²) in [4.78, 5) is 2.87. The minimum atomic E-state index is 0.761. The molecule has 5 atom stereocenters. The van der Waals surface area contributed by atoms with Gasteiger partial charge in [-0.2, -0.15) is 0 Å². The normalized spacial score (nSPS) is 53.5. The Morgan fingerprint density at radius 2 is 1.94 bits per heavy atom. The van der Waals surface area contributed by atoms with Crippen molar-refractivity contribution in [3.63, 3.8) is 0 Å². The van der Waals surface area contributed by atoms with Gasteiger partial charge in [0.05, 0.1) is 0 Å². The molecule has 1 aliphatic heterocycles. The van der Waals surface area contributed by atoms with Crippen molar-refractivity contribution in [3.8, 4) is 0 Å². The van der Waals surface area contributed by atoms with E-state index < -0.39 is 0 Å². The first-order valence-electron chi connectivity index (χ1n) is 7.86. The average Bonchev–Trinajstić information content (AvgIpc) is 2.90. The lowest BCUT2D eigenvalue weighted by atomic mass is 10.0. The molecule has 96 valence electrons. The topological polar surface area (TPSA) is 15.3 Å². The van der Waals surface area contributed by atoms with E-state index in [9.17, 15) is 0 Å². The van der Waals surface area contributed by atoms with Crippen molar-refractivity contribution in [2.75, 3.05) is 19.6 Å². The zero-order valence-corrected chi connectivity index (χ0v) is 11.1.